The van der Waals surface area contributed by atoms with Gasteiger partial charge in [-0.05, 0) is 25.7 Å². The Bertz CT molecular complexity index is 418. The lowest BCUT2D eigenvalue weighted by atomic mass is 9.92. The SMILES string of the molecule is CC[C@H](N)C(=O)NC1CCCc2c1cnn2C.Cl. The first kappa shape index (κ1) is 15.0. The van der Waals surface area contributed by atoms with E-state index in [9.17, 15) is 4.79 Å². The summed E-state index contributed by atoms with van der Waals surface area (Å²) in [5.41, 5.74) is 8.10. The molecule has 1 amide bonds. The second-order valence-corrected chi connectivity index (χ2v) is 4.64. The second-order valence-electron chi connectivity index (χ2n) is 4.64. The third-order valence-electron chi connectivity index (χ3n) is 3.47. The summed E-state index contributed by atoms with van der Waals surface area (Å²) >= 11 is 0. The van der Waals surface area contributed by atoms with Crippen molar-refractivity contribution in [2.45, 2.75) is 44.7 Å². The molecule has 18 heavy (non-hydrogen) atoms. The van der Waals surface area contributed by atoms with Crippen molar-refractivity contribution in [2.24, 2.45) is 12.8 Å². The van der Waals surface area contributed by atoms with E-state index in [-0.39, 0.29) is 24.4 Å². The highest BCUT2D eigenvalue weighted by molar-refractivity contribution is 5.85. The number of hydrogen-bond donors (Lipinski definition) is 2. The van der Waals surface area contributed by atoms with Crippen molar-refractivity contribution in [2.75, 3.05) is 0 Å². The molecule has 5 nitrogen and oxygen atoms in total. The molecular weight excluding hydrogens is 252 g/mol. The lowest BCUT2D eigenvalue weighted by Crippen LogP contribution is -2.42. The largest absolute Gasteiger partial charge is 0.348 e. The summed E-state index contributed by atoms with van der Waals surface area (Å²) in [5.74, 6) is -0.0609. The highest BCUT2D eigenvalue weighted by Gasteiger charge is 2.25. The number of hydrogen-bond acceptors (Lipinski definition) is 3. The summed E-state index contributed by atoms with van der Waals surface area (Å²) in [6.07, 6.45) is 5.62. The van der Waals surface area contributed by atoms with Crippen LogP contribution < -0.4 is 11.1 Å². The lowest BCUT2D eigenvalue weighted by molar-refractivity contribution is -0.123. The van der Waals surface area contributed by atoms with E-state index < -0.39 is 6.04 Å². The number of amides is 1. The van der Waals surface area contributed by atoms with Crippen molar-refractivity contribution in [1.29, 1.82) is 0 Å². The van der Waals surface area contributed by atoms with Crippen molar-refractivity contribution in [1.82, 2.24) is 15.1 Å². The van der Waals surface area contributed by atoms with Gasteiger partial charge in [0, 0.05) is 18.3 Å². The van der Waals surface area contributed by atoms with Crippen molar-refractivity contribution < 1.29 is 4.79 Å². The van der Waals surface area contributed by atoms with Crippen molar-refractivity contribution in [3.63, 3.8) is 0 Å². The second kappa shape index (κ2) is 6.20. The van der Waals surface area contributed by atoms with Gasteiger partial charge in [-0.15, -0.1) is 12.4 Å². The molecule has 1 aromatic heterocycles. The van der Waals surface area contributed by atoms with Crippen LogP contribution in [0.5, 0.6) is 0 Å². The van der Waals surface area contributed by atoms with E-state index in [2.05, 4.69) is 10.4 Å². The molecule has 1 aliphatic carbocycles. The van der Waals surface area contributed by atoms with Crippen LogP contribution in [0.25, 0.3) is 0 Å². The Morgan fingerprint density at radius 3 is 3.11 bits per heavy atom. The van der Waals surface area contributed by atoms with Crippen molar-refractivity contribution in [3.05, 3.63) is 17.5 Å². The Morgan fingerprint density at radius 1 is 1.72 bits per heavy atom. The van der Waals surface area contributed by atoms with Crippen LogP contribution in [0, 0.1) is 0 Å². The van der Waals surface area contributed by atoms with Gasteiger partial charge in [0.05, 0.1) is 18.3 Å². The van der Waals surface area contributed by atoms with Gasteiger partial charge in [-0.25, -0.2) is 0 Å². The predicted octanol–water partition coefficient (Wildman–Crippen LogP) is 1.07. The zero-order valence-electron chi connectivity index (χ0n) is 10.8. The minimum absolute atomic E-state index is 0. The Morgan fingerprint density at radius 2 is 2.44 bits per heavy atom. The molecule has 0 radical (unpaired) electrons. The maximum atomic E-state index is 11.8. The highest BCUT2D eigenvalue weighted by atomic mass is 35.5. The van der Waals surface area contributed by atoms with Gasteiger partial charge in [-0.1, -0.05) is 6.92 Å². The number of rotatable bonds is 3. The van der Waals surface area contributed by atoms with Gasteiger partial charge >= 0.3 is 0 Å². The van der Waals surface area contributed by atoms with E-state index in [4.69, 9.17) is 5.73 Å². The van der Waals surface area contributed by atoms with Gasteiger partial charge in [0.15, 0.2) is 0 Å². The molecule has 0 bridgehead atoms. The number of carbonyl (C=O) groups is 1. The summed E-state index contributed by atoms with van der Waals surface area (Å²) < 4.78 is 1.90. The number of carbonyl (C=O) groups excluding carboxylic acids is 1. The number of nitrogens with two attached hydrogens (primary N) is 1. The lowest BCUT2D eigenvalue weighted by Gasteiger charge is -2.25. The van der Waals surface area contributed by atoms with Crippen LogP contribution in [0.1, 0.15) is 43.5 Å². The Balaban J connectivity index is 0.00000162. The van der Waals surface area contributed by atoms with E-state index in [1.54, 1.807) is 0 Å². The molecular formula is C12H21ClN4O. The Hall–Kier alpha value is -1.07. The molecule has 3 N–H and O–H groups in total. The summed E-state index contributed by atoms with van der Waals surface area (Å²) in [7, 11) is 1.95. The standard InChI is InChI=1S/C12H20N4O.ClH/c1-3-9(13)12(17)15-10-5-4-6-11-8(10)7-14-16(11)2;/h7,9-10H,3-6,13H2,1-2H3,(H,15,17);1H/t9-,10?;/m0./s1. The first-order valence-electron chi connectivity index (χ1n) is 6.20. The predicted molar refractivity (Wildman–Crippen MR) is 72.5 cm³/mol. The molecule has 6 heteroatoms. The molecule has 1 unspecified atom stereocenters. The number of aryl methyl sites for hydroxylation is 1. The van der Waals surface area contributed by atoms with Crippen LogP contribution in [0.15, 0.2) is 6.20 Å². The van der Waals surface area contributed by atoms with E-state index >= 15 is 0 Å². The van der Waals surface area contributed by atoms with Crippen LogP contribution in [0.3, 0.4) is 0 Å². The molecule has 1 aliphatic rings. The maximum absolute atomic E-state index is 11.8. The number of nitrogens with zero attached hydrogens (tertiary/aromatic N) is 2. The number of aromatic nitrogens is 2. The van der Waals surface area contributed by atoms with Gasteiger partial charge in [-0.2, -0.15) is 5.10 Å². The van der Waals surface area contributed by atoms with Crippen LogP contribution in [-0.4, -0.2) is 21.7 Å². The third kappa shape index (κ3) is 2.84. The Kier molecular flexibility index (Phi) is 5.16. The minimum atomic E-state index is -0.406. The molecule has 2 atom stereocenters. The summed E-state index contributed by atoms with van der Waals surface area (Å²) in [6, 6.07) is -0.324. The molecule has 0 spiro atoms. The number of fused-ring (bicyclic) bond motifs is 1. The fraction of sp³-hybridized carbons (Fsp3) is 0.667. The fourth-order valence-corrected chi connectivity index (χ4v) is 2.32. The van der Waals surface area contributed by atoms with E-state index in [1.807, 2.05) is 24.9 Å². The van der Waals surface area contributed by atoms with Gasteiger partial charge < -0.3 is 11.1 Å². The number of nitrogens with one attached hydrogen (secondary N) is 1. The molecule has 0 aromatic carbocycles. The van der Waals surface area contributed by atoms with Gasteiger partial charge in [0.25, 0.3) is 0 Å². The maximum Gasteiger partial charge on any atom is 0.237 e. The monoisotopic (exact) mass is 272 g/mol. The molecule has 102 valence electrons. The molecule has 0 aliphatic heterocycles. The molecule has 0 fully saturated rings. The fourth-order valence-electron chi connectivity index (χ4n) is 2.32. The zero-order chi connectivity index (χ0) is 12.4. The van der Waals surface area contributed by atoms with Crippen LogP contribution in [0.4, 0.5) is 0 Å². The summed E-state index contributed by atoms with van der Waals surface area (Å²) in [4.78, 5) is 11.8. The van der Waals surface area contributed by atoms with E-state index in [1.165, 1.54) is 5.69 Å². The van der Waals surface area contributed by atoms with Crippen LogP contribution in [-0.2, 0) is 18.3 Å². The molecule has 1 heterocycles. The van der Waals surface area contributed by atoms with Gasteiger partial charge in [-0.3, -0.25) is 9.48 Å². The average Bonchev–Trinajstić information content (AvgIpc) is 2.71. The molecule has 0 saturated heterocycles. The topological polar surface area (TPSA) is 72.9 Å². The van der Waals surface area contributed by atoms with Crippen LogP contribution in [0.2, 0.25) is 0 Å². The molecule has 0 saturated carbocycles. The molecule has 1 aromatic rings. The van der Waals surface area contributed by atoms with Crippen molar-refractivity contribution >= 4 is 18.3 Å². The minimum Gasteiger partial charge on any atom is -0.348 e. The highest BCUT2D eigenvalue weighted by Crippen LogP contribution is 2.29. The van der Waals surface area contributed by atoms with Gasteiger partial charge in [0.1, 0.15) is 0 Å². The normalized spacial score (nSPS) is 19.6. The summed E-state index contributed by atoms with van der Waals surface area (Å²) in [5, 5.41) is 7.28. The van der Waals surface area contributed by atoms with E-state index in [0.29, 0.717) is 6.42 Å². The van der Waals surface area contributed by atoms with Crippen LogP contribution >= 0.6 is 12.4 Å². The number of halogens is 1. The smallest absolute Gasteiger partial charge is 0.237 e. The Labute approximate surface area is 114 Å². The first-order chi connectivity index (χ1) is 8.13. The van der Waals surface area contributed by atoms with Crippen molar-refractivity contribution in [3.8, 4) is 0 Å². The third-order valence-corrected chi connectivity index (χ3v) is 3.47. The first-order valence-corrected chi connectivity index (χ1v) is 6.20. The molecule has 2 rings (SSSR count). The average molecular weight is 273 g/mol. The summed E-state index contributed by atoms with van der Waals surface area (Å²) in [6.45, 7) is 1.92. The van der Waals surface area contributed by atoms with Gasteiger partial charge in [0.2, 0.25) is 5.91 Å². The van der Waals surface area contributed by atoms with E-state index in [0.717, 1.165) is 24.8 Å². The quantitative estimate of drug-likeness (QED) is 0.865. The zero-order valence-corrected chi connectivity index (χ0v) is 11.7.